The second kappa shape index (κ2) is 3.85. The van der Waals surface area contributed by atoms with E-state index in [9.17, 15) is 14.7 Å². The van der Waals surface area contributed by atoms with Gasteiger partial charge in [0.15, 0.2) is 0 Å². The second-order valence-corrected chi connectivity index (χ2v) is 9.15. The van der Waals surface area contributed by atoms with E-state index < -0.39 is 0 Å². The van der Waals surface area contributed by atoms with Crippen molar-refractivity contribution in [2.75, 3.05) is 0 Å². The maximum atomic E-state index is 12.4. The Bertz CT molecular complexity index is 583. The highest BCUT2D eigenvalue weighted by atomic mass is 16.3. The third-order valence-electron chi connectivity index (χ3n) is 8.92. The summed E-state index contributed by atoms with van der Waals surface area (Å²) in [6.45, 7) is 2.20. The van der Waals surface area contributed by atoms with Crippen molar-refractivity contribution < 1.29 is 14.7 Å². The number of hydrogen-bond acceptors (Lipinski definition) is 3. The third-order valence-corrected chi connectivity index (χ3v) is 8.92. The molecule has 120 valence electrons. The lowest BCUT2D eigenvalue weighted by atomic mass is 9.50. The summed E-state index contributed by atoms with van der Waals surface area (Å²) in [5.74, 6) is 2.57. The molecule has 0 amide bonds. The minimum atomic E-state index is -0.247. The molecule has 3 heteroatoms. The van der Waals surface area contributed by atoms with Crippen LogP contribution >= 0.6 is 0 Å². The second-order valence-electron chi connectivity index (χ2n) is 9.15. The number of carbonyl (C=O) groups is 2. The maximum Gasteiger partial charge on any atom is 0.139 e. The molecule has 0 aromatic heterocycles. The topological polar surface area (TPSA) is 54.4 Å². The van der Waals surface area contributed by atoms with E-state index in [1.807, 2.05) is 0 Å². The van der Waals surface area contributed by atoms with E-state index in [-0.39, 0.29) is 22.3 Å². The number of aliphatic hydroxyl groups excluding tert-OH is 1. The van der Waals surface area contributed by atoms with Crippen LogP contribution in [0.15, 0.2) is 0 Å². The molecule has 5 aliphatic rings. The first-order valence-electron chi connectivity index (χ1n) is 9.19. The van der Waals surface area contributed by atoms with Crippen molar-refractivity contribution in [1.29, 1.82) is 0 Å². The van der Waals surface area contributed by atoms with Gasteiger partial charge in [0.1, 0.15) is 11.6 Å². The molecule has 0 aromatic rings. The van der Waals surface area contributed by atoms with Crippen molar-refractivity contribution in [2.24, 2.45) is 34.0 Å². The Kier molecular flexibility index (Phi) is 2.40. The van der Waals surface area contributed by atoms with Gasteiger partial charge < -0.3 is 5.11 Å². The zero-order chi connectivity index (χ0) is 15.3. The molecule has 0 saturated heterocycles. The highest BCUT2D eigenvalue weighted by Crippen LogP contribution is 2.82. The zero-order valence-corrected chi connectivity index (χ0v) is 13.4. The van der Waals surface area contributed by atoms with Crippen LogP contribution in [0.2, 0.25) is 0 Å². The van der Waals surface area contributed by atoms with E-state index >= 15 is 0 Å². The average molecular weight is 302 g/mol. The average Bonchev–Trinajstić information content (AvgIpc) is 2.89. The fourth-order valence-electron chi connectivity index (χ4n) is 7.84. The van der Waals surface area contributed by atoms with Crippen LogP contribution in [0.25, 0.3) is 0 Å². The number of fused-ring (bicyclic) bond motifs is 3. The van der Waals surface area contributed by atoms with Gasteiger partial charge in [-0.15, -0.1) is 0 Å². The smallest absolute Gasteiger partial charge is 0.139 e. The largest absolute Gasteiger partial charge is 0.392 e. The van der Waals surface area contributed by atoms with E-state index in [0.29, 0.717) is 42.2 Å². The molecule has 1 unspecified atom stereocenters. The molecule has 5 saturated carbocycles. The van der Waals surface area contributed by atoms with Crippen LogP contribution in [0, 0.1) is 34.0 Å². The molecule has 0 spiro atoms. The maximum absolute atomic E-state index is 12.4. The Morgan fingerprint density at radius 3 is 2.64 bits per heavy atom. The van der Waals surface area contributed by atoms with Crippen LogP contribution < -0.4 is 0 Å². The number of rotatable bonds is 0. The summed E-state index contributed by atoms with van der Waals surface area (Å²) in [4.78, 5) is 24.4. The number of carbonyl (C=O) groups excluding carboxylic acids is 2. The molecule has 0 aliphatic heterocycles. The minimum absolute atomic E-state index is 0.0385. The minimum Gasteiger partial charge on any atom is -0.392 e. The molecule has 0 bridgehead atoms. The summed E-state index contributed by atoms with van der Waals surface area (Å²) in [5.41, 5.74) is -0.112. The van der Waals surface area contributed by atoms with Crippen molar-refractivity contribution >= 4 is 11.6 Å². The highest BCUT2D eigenvalue weighted by molar-refractivity contribution is 5.87. The number of hydrogen-bond donors (Lipinski definition) is 1. The Morgan fingerprint density at radius 2 is 1.82 bits per heavy atom. The van der Waals surface area contributed by atoms with Crippen LogP contribution in [0.5, 0.6) is 0 Å². The lowest BCUT2D eigenvalue weighted by Crippen LogP contribution is -2.49. The molecule has 5 fully saturated rings. The van der Waals surface area contributed by atoms with Crippen molar-refractivity contribution in [1.82, 2.24) is 0 Å². The fraction of sp³-hybridized carbons (Fsp3) is 0.895. The van der Waals surface area contributed by atoms with Gasteiger partial charge in [-0.3, -0.25) is 9.59 Å². The Labute approximate surface area is 131 Å². The predicted molar refractivity (Wildman–Crippen MR) is 81.0 cm³/mol. The summed E-state index contributed by atoms with van der Waals surface area (Å²) >= 11 is 0. The van der Waals surface area contributed by atoms with Crippen molar-refractivity contribution in [3.8, 4) is 0 Å². The first-order valence-corrected chi connectivity index (χ1v) is 9.19. The normalized spacial score (nSPS) is 59.4. The Morgan fingerprint density at radius 1 is 1.00 bits per heavy atom. The summed E-state index contributed by atoms with van der Waals surface area (Å²) in [6, 6.07) is 0. The van der Waals surface area contributed by atoms with Gasteiger partial charge in [0.2, 0.25) is 0 Å². The molecule has 5 rings (SSSR count). The van der Waals surface area contributed by atoms with Gasteiger partial charge in [0, 0.05) is 35.5 Å². The number of ketones is 2. The van der Waals surface area contributed by atoms with Gasteiger partial charge in [0.05, 0.1) is 6.10 Å². The van der Waals surface area contributed by atoms with Gasteiger partial charge in [0.25, 0.3) is 0 Å². The summed E-state index contributed by atoms with van der Waals surface area (Å²) < 4.78 is 0. The third kappa shape index (κ3) is 1.24. The molecule has 0 radical (unpaired) electrons. The monoisotopic (exact) mass is 302 g/mol. The molecular weight excluding hydrogens is 276 g/mol. The van der Waals surface area contributed by atoms with E-state index in [0.717, 1.165) is 44.9 Å². The first-order chi connectivity index (χ1) is 10.5. The Balaban J connectivity index is 1.53. The Hall–Kier alpha value is -0.700. The summed E-state index contributed by atoms with van der Waals surface area (Å²) in [7, 11) is 0. The van der Waals surface area contributed by atoms with E-state index in [1.165, 1.54) is 0 Å². The van der Waals surface area contributed by atoms with Crippen LogP contribution in [0.3, 0.4) is 0 Å². The van der Waals surface area contributed by atoms with Crippen LogP contribution in [0.1, 0.15) is 64.7 Å². The van der Waals surface area contributed by atoms with Crippen molar-refractivity contribution in [3.63, 3.8) is 0 Å². The van der Waals surface area contributed by atoms with E-state index in [4.69, 9.17) is 0 Å². The number of aliphatic hydroxyl groups is 1. The first kappa shape index (κ1) is 13.7. The molecular formula is C19H26O3. The molecule has 1 N–H and O–H groups in total. The van der Waals surface area contributed by atoms with Crippen LogP contribution in [-0.2, 0) is 9.59 Å². The lowest BCUT2D eigenvalue weighted by Gasteiger charge is -2.53. The molecule has 3 nitrogen and oxygen atoms in total. The van der Waals surface area contributed by atoms with Crippen molar-refractivity contribution in [2.45, 2.75) is 70.8 Å². The van der Waals surface area contributed by atoms with E-state index in [2.05, 4.69) is 6.92 Å². The molecule has 0 aromatic carbocycles. The predicted octanol–water partition coefficient (Wildman–Crippen LogP) is 2.89. The quantitative estimate of drug-likeness (QED) is 0.748. The van der Waals surface area contributed by atoms with Gasteiger partial charge in [-0.05, 0) is 56.3 Å². The van der Waals surface area contributed by atoms with E-state index in [1.54, 1.807) is 0 Å². The standard InChI is InChI=1S/C19H26O3/c1-17-7-6-14-12(13(17)2-3-15(17)21)5-8-18-10-11(20)4-9-19(14,18)16(18)22/h12-14,16,22H,2-10H2,1H3/t12-,13-,14-,16+,17-,18?,19+/m0/s1. The summed E-state index contributed by atoms with van der Waals surface area (Å²) in [5, 5.41) is 10.9. The molecule has 0 heterocycles. The molecule has 5 aliphatic carbocycles. The van der Waals surface area contributed by atoms with Gasteiger partial charge in [-0.1, -0.05) is 6.92 Å². The van der Waals surface area contributed by atoms with Crippen LogP contribution in [-0.4, -0.2) is 22.8 Å². The highest BCUT2D eigenvalue weighted by Gasteiger charge is 2.82. The van der Waals surface area contributed by atoms with Crippen molar-refractivity contribution in [3.05, 3.63) is 0 Å². The fourth-order valence-corrected chi connectivity index (χ4v) is 7.84. The molecule has 7 atom stereocenters. The summed E-state index contributed by atoms with van der Waals surface area (Å²) in [6.07, 6.45) is 8.03. The zero-order valence-electron chi connectivity index (χ0n) is 13.4. The molecule has 22 heavy (non-hydrogen) atoms. The van der Waals surface area contributed by atoms with Gasteiger partial charge in [-0.25, -0.2) is 0 Å². The lowest BCUT2D eigenvalue weighted by molar-refractivity contribution is -0.134. The number of Topliss-reactive ketones (excluding diaryl/α,β-unsaturated/α-hetero) is 2. The van der Waals surface area contributed by atoms with Crippen LogP contribution in [0.4, 0.5) is 0 Å². The van der Waals surface area contributed by atoms with Gasteiger partial charge in [-0.2, -0.15) is 0 Å². The van der Waals surface area contributed by atoms with Gasteiger partial charge >= 0.3 is 0 Å². The SMILES string of the molecule is C[C@]12CC[C@H]3[C@@H](CCC45CC(=O)CC[C@]34[C@@H]5O)[C@@H]1CCC2=O.